The minimum Gasteiger partial charge on any atom is -0.311 e. The van der Waals surface area contributed by atoms with Crippen LogP contribution in [0.2, 0.25) is 0 Å². The number of piperidine rings is 1. The molecule has 0 aliphatic carbocycles. The first-order valence-electron chi connectivity index (χ1n) is 3.75. The first-order chi connectivity index (χ1) is 4.34. The fourth-order valence-electron chi connectivity index (χ4n) is 1.99. The summed E-state index contributed by atoms with van der Waals surface area (Å²) in [5, 5.41) is 3.38. The summed E-state index contributed by atoms with van der Waals surface area (Å²) < 4.78 is 12.7. The summed E-state index contributed by atoms with van der Waals surface area (Å²) in [4.78, 5) is 0. The fourth-order valence-corrected chi connectivity index (χ4v) is 1.99. The number of hydrogen-bond donors (Lipinski definition) is 1. The van der Waals surface area contributed by atoms with Gasteiger partial charge in [-0.05, 0) is 25.7 Å². The van der Waals surface area contributed by atoms with E-state index in [0.717, 1.165) is 12.8 Å². The van der Waals surface area contributed by atoms with Crippen LogP contribution in [0.15, 0.2) is 0 Å². The molecule has 2 unspecified atom stereocenters. The van der Waals surface area contributed by atoms with E-state index in [9.17, 15) is 4.39 Å². The van der Waals surface area contributed by atoms with Crippen LogP contribution in [0.1, 0.15) is 25.7 Å². The quantitative estimate of drug-likeness (QED) is 0.519. The van der Waals surface area contributed by atoms with Gasteiger partial charge in [0.15, 0.2) is 0 Å². The second-order valence-electron chi connectivity index (χ2n) is 3.21. The summed E-state index contributed by atoms with van der Waals surface area (Å²) in [5.41, 5.74) is 0. The first kappa shape index (κ1) is 5.66. The third-order valence-electron chi connectivity index (χ3n) is 2.42. The van der Waals surface area contributed by atoms with Crippen molar-refractivity contribution in [3.8, 4) is 0 Å². The molecule has 9 heavy (non-hydrogen) atoms. The lowest BCUT2D eigenvalue weighted by atomic mass is 10.0. The Morgan fingerprint density at radius 3 is 2.22 bits per heavy atom. The average molecular weight is 129 g/mol. The highest BCUT2D eigenvalue weighted by molar-refractivity contribution is 4.91. The van der Waals surface area contributed by atoms with Gasteiger partial charge in [0.05, 0.1) is 0 Å². The molecule has 0 aromatic heterocycles. The molecule has 0 amide bonds. The van der Waals surface area contributed by atoms with Crippen molar-refractivity contribution in [1.82, 2.24) is 5.32 Å². The monoisotopic (exact) mass is 129 g/mol. The summed E-state index contributed by atoms with van der Waals surface area (Å²) in [5.74, 6) is 0. The number of rotatable bonds is 0. The van der Waals surface area contributed by atoms with E-state index >= 15 is 0 Å². The highest BCUT2D eigenvalue weighted by atomic mass is 19.1. The molecule has 2 bridgehead atoms. The Labute approximate surface area is 54.6 Å². The maximum absolute atomic E-state index is 12.7. The van der Waals surface area contributed by atoms with E-state index in [0.29, 0.717) is 12.1 Å². The van der Waals surface area contributed by atoms with Crippen LogP contribution < -0.4 is 5.32 Å². The molecule has 2 heterocycles. The van der Waals surface area contributed by atoms with E-state index in [2.05, 4.69) is 5.32 Å². The highest BCUT2D eigenvalue weighted by Gasteiger charge is 2.32. The van der Waals surface area contributed by atoms with E-state index in [-0.39, 0.29) is 0 Å². The van der Waals surface area contributed by atoms with Crippen molar-refractivity contribution in [3.63, 3.8) is 0 Å². The summed E-state index contributed by atoms with van der Waals surface area (Å²) in [6.07, 6.45) is 3.41. The maximum atomic E-state index is 12.7. The Hall–Kier alpha value is -0.110. The fraction of sp³-hybridized carbons (Fsp3) is 1.00. The Morgan fingerprint density at radius 2 is 1.67 bits per heavy atom. The van der Waals surface area contributed by atoms with Crippen LogP contribution in [-0.4, -0.2) is 18.3 Å². The van der Waals surface area contributed by atoms with Gasteiger partial charge in [-0.25, -0.2) is 4.39 Å². The van der Waals surface area contributed by atoms with Gasteiger partial charge in [-0.3, -0.25) is 0 Å². The summed E-state index contributed by atoms with van der Waals surface area (Å²) in [6, 6.07) is 1.03. The van der Waals surface area contributed by atoms with Crippen molar-refractivity contribution in [2.75, 3.05) is 0 Å². The molecule has 2 heteroatoms. The van der Waals surface area contributed by atoms with Crippen molar-refractivity contribution in [1.29, 1.82) is 0 Å². The minimum absolute atomic E-state index is 0.510. The van der Waals surface area contributed by atoms with E-state index in [1.54, 1.807) is 0 Å². The predicted molar refractivity (Wildman–Crippen MR) is 34.1 cm³/mol. The summed E-state index contributed by atoms with van der Waals surface area (Å²) >= 11 is 0. The topological polar surface area (TPSA) is 12.0 Å². The van der Waals surface area contributed by atoms with Gasteiger partial charge >= 0.3 is 0 Å². The lowest BCUT2D eigenvalue weighted by Crippen LogP contribution is -2.38. The Bertz CT molecular complexity index is 103. The third-order valence-corrected chi connectivity index (χ3v) is 2.42. The molecule has 0 aromatic rings. The van der Waals surface area contributed by atoms with E-state index in [4.69, 9.17) is 0 Å². The highest BCUT2D eigenvalue weighted by Crippen LogP contribution is 2.28. The normalized spacial score (nSPS) is 49.7. The molecule has 2 fully saturated rings. The zero-order valence-electron chi connectivity index (χ0n) is 5.44. The van der Waals surface area contributed by atoms with Gasteiger partial charge in [0.2, 0.25) is 0 Å². The zero-order chi connectivity index (χ0) is 6.27. The van der Waals surface area contributed by atoms with Crippen LogP contribution in [0, 0.1) is 0 Å². The van der Waals surface area contributed by atoms with Gasteiger partial charge in [0.1, 0.15) is 6.17 Å². The molecule has 2 atom stereocenters. The molecule has 1 N–H and O–H groups in total. The molecular weight excluding hydrogens is 117 g/mol. The second-order valence-corrected chi connectivity index (χ2v) is 3.21. The number of halogens is 1. The van der Waals surface area contributed by atoms with Crippen molar-refractivity contribution in [3.05, 3.63) is 0 Å². The SMILES string of the molecule is FC1CC2CCC(C1)N2. The van der Waals surface area contributed by atoms with Gasteiger partial charge in [-0.15, -0.1) is 0 Å². The average Bonchev–Trinajstić information content (AvgIpc) is 2.11. The molecule has 0 radical (unpaired) electrons. The van der Waals surface area contributed by atoms with Crippen molar-refractivity contribution < 1.29 is 4.39 Å². The van der Waals surface area contributed by atoms with Crippen LogP contribution in [-0.2, 0) is 0 Å². The van der Waals surface area contributed by atoms with Crippen LogP contribution in [0.5, 0.6) is 0 Å². The molecule has 0 spiro atoms. The van der Waals surface area contributed by atoms with Gasteiger partial charge in [-0.2, -0.15) is 0 Å². The molecular formula is C7H12FN. The van der Waals surface area contributed by atoms with E-state index < -0.39 is 6.17 Å². The van der Waals surface area contributed by atoms with Gasteiger partial charge in [0.25, 0.3) is 0 Å². The van der Waals surface area contributed by atoms with Crippen molar-refractivity contribution in [2.24, 2.45) is 0 Å². The zero-order valence-corrected chi connectivity index (χ0v) is 5.44. The minimum atomic E-state index is -0.510. The smallest absolute Gasteiger partial charge is 0.103 e. The summed E-state index contributed by atoms with van der Waals surface area (Å²) in [6.45, 7) is 0. The molecule has 2 aliphatic heterocycles. The number of hydrogen-bond acceptors (Lipinski definition) is 1. The standard InChI is InChI=1S/C7H12FN/c8-5-3-6-1-2-7(4-5)9-6/h5-7,9H,1-4H2. The molecule has 0 aromatic carbocycles. The number of fused-ring (bicyclic) bond motifs is 2. The van der Waals surface area contributed by atoms with Crippen molar-refractivity contribution >= 4 is 0 Å². The van der Waals surface area contributed by atoms with Gasteiger partial charge < -0.3 is 5.32 Å². The lowest BCUT2D eigenvalue weighted by molar-refractivity contribution is 0.220. The third kappa shape index (κ3) is 0.960. The first-order valence-corrected chi connectivity index (χ1v) is 3.75. The molecule has 2 saturated heterocycles. The van der Waals surface area contributed by atoms with E-state index in [1.165, 1.54) is 12.8 Å². The lowest BCUT2D eigenvalue weighted by Gasteiger charge is -2.23. The van der Waals surface area contributed by atoms with Crippen LogP contribution in [0.3, 0.4) is 0 Å². The van der Waals surface area contributed by atoms with E-state index in [1.807, 2.05) is 0 Å². The Kier molecular flexibility index (Phi) is 1.22. The van der Waals surface area contributed by atoms with Crippen molar-refractivity contribution in [2.45, 2.75) is 43.9 Å². The second kappa shape index (κ2) is 1.94. The molecule has 2 aliphatic rings. The molecule has 0 saturated carbocycles. The van der Waals surface area contributed by atoms with Crippen LogP contribution in [0.25, 0.3) is 0 Å². The molecule has 52 valence electrons. The van der Waals surface area contributed by atoms with Gasteiger partial charge in [0, 0.05) is 12.1 Å². The Morgan fingerprint density at radius 1 is 1.11 bits per heavy atom. The summed E-state index contributed by atoms with van der Waals surface area (Å²) in [7, 11) is 0. The molecule has 1 nitrogen and oxygen atoms in total. The molecule has 2 rings (SSSR count). The largest absolute Gasteiger partial charge is 0.311 e. The number of nitrogens with one attached hydrogen (secondary N) is 1. The number of alkyl halides is 1. The Balaban J connectivity index is 2.03. The maximum Gasteiger partial charge on any atom is 0.103 e. The van der Waals surface area contributed by atoms with Gasteiger partial charge in [-0.1, -0.05) is 0 Å². The van der Waals surface area contributed by atoms with Crippen LogP contribution in [0.4, 0.5) is 4.39 Å². The predicted octanol–water partition coefficient (Wildman–Crippen LogP) is 1.24. The van der Waals surface area contributed by atoms with Crippen LogP contribution >= 0.6 is 0 Å².